The average Bonchev–Trinajstić information content (AvgIpc) is 3.08. The standard InChI is InChI=1S/C26H26F8N2O4/c1-3-6-15-13-17(24(39,25(29,30)31)26(32,33)34)8-10-20(15)40-12-5-4-11-36-21(37)23(2,35-22(36)38)16-7-9-18(27)19(28)14-16/h7-10,13-14,39H,3-6,11-12H2,1-2H3,(H,35,38). The van der Waals surface area contributed by atoms with E-state index in [1.807, 2.05) is 0 Å². The molecule has 3 rings (SSSR count). The maximum Gasteiger partial charge on any atom is 0.430 e. The number of alkyl halides is 6. The molecule has 2 aromatic carbocycles. The van der Waals surface area contributed by atoms with Crippen LogP contribution in [0.5, 0.6) is 5.75 Å². The molecule has 0 aliphatic carbocycles. The molecule has 0 saturated carbocycles. The Kier molecular flexibility index (Phi) is 8.73. The van der Waals surface area contributed by atoms with Crippen molar-refractivity contribution in [2.24, 2.45) is 0 Å². The van der Waals surface area contributed by atoms with Crippen molar-refractivity contribution in [3.8, 4) is 5.75 Å². The highest BCUT2D eigenvalue weighted by Crippen LogP contribution is 2.50. The molecule has 1 saturated heterocycles. The summed E-state index contributed by atoms with van der Waals surface area (Å²) in [5.41, 5.74) is -7.98. The summed E-state index contributed by atoms with van der Waals surface area (Å²) < 4.78 is 112. The normalized spacial score (nSPS) is 18.3. The van der Waals surface area contributed by atoms with E-state index in [-0.39, 0.29) is 49.3 Å². The molecule has 40 heavy (non-hydrogen) atoms. The van der Waals surface area contributed by atoms with Crippen LogP contribution in [0.1, 0.15) is 49.8 Å². The summed E-state index contributed by atoms with van der Waals surface area (Å²) in [6.07, 6.45) is -11.1. The third-order valence-electron chi connectivity index (χ3n) is 6.62. The number of unbranched alkanes of at least 4 members (excludes halogenated alkanes) is 1. The Hall–Kier alpha value is -3.42. The van der Waals surface area contributed by atoms with Crippen LogP contribution in [-0.4, -0.2) is 47.4 Å². The number of aliphatic hydroxyl groups is 1. The summed E-state index contributed by atoms with van der Waals surface area (Å²) in [7, 11) is 0. The Morgan fingerprint density at radius 1 is 0.950 bits per heavy atom. The van der Waals surface area contributed by atoms with Crippen LogP contribution in [0.2, 0.25) is 0 Å². The molecule has 14 heteroatoms. The molecule has 0 aromatic heterocycles. The minimum atomic E-state index is -6.02. The second kappa shape index (κ2) is 11.2. The fourth-order valence-corrected chi connectivity index (χ4v) is 4.35. The molecule has 3 amide bonds. The fraction of sp³-hybridized carbons (Fsp3) is 0.462. The van der Waals surface area contributed by atoms with Crippen molar-refractivity contribution in [1.29, 1.82) is 0 Å². The number of halogens is 8. The molecule has 2 aromatic rings. The van der Waals surface area contributed by atoms with Crippen LogP contribution in [0.15, 0.2) is 36.4 Å². The van der Waals surface area contributed by atoms with E-state index in [1.165, 1.54) is 13.0 Å². The first-order valence-electron chi connectivity index (χ1n) is 12.2. The number of carbonyl (C=O) groups excluding carboxylic acids is 2. The molecule has 1 aliphatic rings. The van der Waals surface area contributed by atoms with Crippen LogP contribution < -0.4 is 10.1 Å². The molecule has 2 N–H and O–H groups in total. The summed E-state index contributed by atoms with van der Waals surface area (Å²) in [4.78, 5) is 26.2. The molecule has 0 bridgehead atoms. The molecule has 220 valence electrons. The van der Waals surface area contributed by atoms with Gasteiger partial charge >= 0.3 is 18.4 Å². The molecule has 0 radical (unpaired) electrons. The minimum absolute atomic E-state index is 0.0261. The summed E-state index contributed by atoms with van der Waals surface area (Å²) in [5, 5.41) is 12.1. The van der Waals surface area contributed by atoms with Crippen molar-refractivity contribution >= 4 is 11.9 Å². The number of hydrogen-bond acceptors (Lipinski definition) is 4. The molecule has 1 unspecified atom stereocenters. The van der Waals surface area contributed by atoms with Crippen LogP contribution in [-0.2, 0) is 22.4 Å². The molecule has 0 spiro atoms. The van der Waals surface area contributed by atoms with Gasteiger partial charge in [-0.1, -0.05) is 25.5 Å². The summed E-state index contributed by atoms with van der Waals surface area (Å²) in [6, 6.07) is 4.12. The second-order valence-electron chi connectivity index (χ2n) is 9.47. The van der Waals surface area contributed by atoms with E-state index >= 15 is 0 Å². The van der Waals surface area contributed by atoms with E-state index in [0.717, 1.165) is 23.1 Å². The van der Waals surface area contributed by atoms with E-state index < -0.39 is 52.6 Å². The third-order valence-corrected chi connectivity index (χ3v) is 6.62. The Bertz CT molecular complexity index is 1250. The number of rotatable bonds is 10. The highest BCUT2D eigenvalue weighted by Gasteiger charge is 2.71. The van der Waals surface area contributed by atoms with Gasteiger partial charge in [0.25, 0.3) is 11.5 Å². The average molecular weight is 582 g/mol. The molecular formula is C26H26F8N2O4. The Labute approximate surface area is 223 Å². The van der Waals surface area contributed by atoms with E-state index in [0.29, 0.717) is 18.6 Å². The van der Waals surface area contributed by atoms with Gasteiger partial charge in [0.05, 0.1) is 6.61 Å². The van der Waals surface area contributed by atoms with E-state index in [1.54, 1.807) is 6.92 Å². The number of hydrogen-bond donors (Lipinski definition) is 2. The van der Waals surface area contributed by atoms with Crippen molar-refractivity contribution in [1.82, 2.24) is 10.2 Å². The number of amides is 3. The lowest BCUT2D eigenvalue weighted by Gasteiger charge is -2.33. The van der Waals surface area contributed by atoms with Gasteiger partial charge in [0.2, 0.25) is 0 Å². The van der Waals surface area contributed by atoms with Gasteiger partial charge in [0, 0.05) is 12.1 Å². The van der Waals surface area contributed by atoms with E-state index in [9.17, 15) is 49.8 Å². The van der Waals surface area contributed by atoms with E-state index in [2.05, 4.69) is 5.32 Å². The molecule has 1 aliphatic heterocycles. The molecule has 1 heterocycles. The number of ether oxygens (including phenoxy) is 1. The van der Waals surface area contributed by atoms with Crippen LogP contribution in [0.25, 0.3) is 0 Å². The van der Waals surface area contributed by atoms with Crippen molar-refractivity contribution in [2.45, 2.75) is 63.0 Å². The molecule has 6 nitrogen and oxygen atoms in total. The fourth-order valence-electron chi connectivity index (χ4n) is 4.35. The first-order chi connectivity index (χ1) is 18.5. The quantitative estimate of drug-likeness (QED) is 0.209. The van der Waals surface area contributed by atoms with Gasteiger partial charge in [0.1, 0.15) is 11.3 Å². The predicted octanol–water partition coefficient (Wildman–Crippen LogP) is 5.86. The minimum Gasteiger partial charge on any atom is -0.493 e. The van der Waals surface area contributed by atoms with Crippen molar-refractivity contribution < 1.29 is 54.6 Å². The van der Waals surface area contributed by atoms with Gasteiger partial charge in [-0.25, -0.2) is 13.6 Å². The number of nitrogens with one attached hydrogen (secondary N) is 1. The van der Waals surface area contributed by atoms with Gasteiger partial charge < -0.3 is 15.2 Å². The zero-order chi connectivity index (χ0) is 30.1. The summed E-state index contributed by atoms with van der Waals surface area (Å²) in [5.74, 6) is -2.97. The first kappa shape index (κ1) is 31.1. The van der Waals surface area contributed by atoms with Crippen LogP contribution in [0.3, 0.4) is 0 Å². The zero-order valence-corrected chi connectivity index (χ0v) is 21.3. The van der Waals surface area contributed by atoms with Crippen molar-refractivity contribution in [2.75, 3.05) is 13.2 Å². The Balaban J connectivity index is 1.65. The highest BCUT2D eigenvalue weighted by atomic mass is 19.4. The van der Waals surface area contributed by atoms with Gasteiger partial charge in [-0.3, -0.25) is 9.69 Å². The predicted molar refractivity (Wildman–Crippen MR) is 125 cm³/mol. The Morgan fingerprint density at radius 3 is 2.17 bits per heavy atom. The molecule has 1 fully saturated rings. The smallest absolute Gasteiger partial charge is 0.430 e. The monoisotopic (exact) mass is 582 g/mol. The summed E-state index contributed by atoms with van der Waals surface area (Å²) in [6.45, 7) is 2.88. The number of carbonyl (C=O) groups is 2. The lowest BCUT2D eigenvalue weighted by atomic mass is 9.90. The topological polar surface area (TPSA) is 78.9 Å². The maximum atomic E-state index is 13.7. The Morgan fingerprint density at radius 2 is 1.60 bits per heavy atom. The largest absolute Gasteiger partial charge is 0.493 e. The lowest BCUT2D eigenvalue weighted by molar-refractivity contribution is -0.376. The van der Waals surface area contributed by atoms with Crippen molar-refractivity contribution in [3.05, 3.63) is 64.7 Å². The van der Waals surface area contributed by atoms with Crippen LogP contribution >= 0.6 is 0 Å². The number of urea groups is 1. The van der Waals surface area contributed by atoms with Crippen LogP contribution in [0, 0.1) is 11.6 Å². The number of aryl methyl sites for hydroxylation is 1. The van der Waals surface area contributed by atoms with Crippen molar-refractivity contribution in [3.63, 3.8) is 0 Å². The first-order valence-corrected chi connectivity index (χ1v) is 12.2. The highest BCUT2D eigenvalue weighted by molar-refractivity contribution is 6.07. The third kappa shape index (κ3) is 5.72. The molecule has 1 atom stereocenters. The number of imide groups is 1. The lowest BCUT2D eigenvalue weighted by Crippen LogP contribution is -2.53. The second-order valence-corrected chi connectivity index (χ2v) is 9.47. The SMILES string of the molecule is CCCc1cc(C(O)(C(F)(F)F)C(F)(F)F)ccc1OCCCCN1C(=O)NC(C)(c2ccc(F)c(F)c2)C1=O. The van der Waals surface area contributed by atoms with Gasteiger partial charge in [0.15, 0.2) is 11.6 Å². The summed E-state index contributed by atoms with van der Waals surface area (Å²) >= 11 is 0. The van der Waals surface area contributed by atoms with Crippen LogP contribution in [0.4, 0.5) is 39.9 Å². The maximum absolute atomic E-state index is 13.7. The van der Waals surface area contributed by atoms with Gasteiger partial charge in [-0.05, 0) is 61.6 Å². The van der Waals surface area contributed by atoms with Gasteiger partial charge in [-0.2, -0.15) is 26.3 Å². The van der Waals surface area contributed by atoms with E-state index in [4.69, 9.17) is 4.74 Å². The zero-order valence-electron chi connectivity index (χ0n) is 21.3. The van der Waals surface area contributed by atoms with Gasteiger partial charge in [-0.15, -0.1) is 0 Å². The number of nitrogens with zero attached hydrogens (tertiary/aromatic N) is 1. The number of benzene rings is 2. The molecular weight excluding hydrogens is 556 g/mol.